The fourth-order valence-electron chi connectivity index (χ4n) is 4.92. The van der Waals surface area contributed by atoms with Crippen molar-refractivity contribution in [3.05, 3.63) is 52.5 Å². The summed E-state index contributed by atoms with van der Waals surface area (Å²) in [5.41, 5.74) is 1.11. The highest BCUT2D eigenvalue weighted by molar-refractivity contribution is 6.30. The normalized spacial score (nSPS) is 20.3. The molecule has 0 unspecified atom stereocenters. The lowest BCUT2D eigenvalue weighted by Gasteiger charge is -2.39. The van der Waals surface area contributed by atoms with Gasteiger partial charge in [-0.05, 0) is 35.9 Å². The van der Waals surface area contributed by atoms with Gasteiger partial charge in [-0.1, -0.05) is 11.6 Å². The summed E-state index contributed by atoms with van der Waals surface area (Å²) in [5.74, 6) is -2.25. The number of β-amino-alcohol motifs (C(OH)–C–C–N with tert-alkyl or cyclic N) is 2. The molecule has 1 amide bonds. The molecule has 3 aliphatic rings. The number of hydrogen-bond acceptors (Lipinski definition) is 9. The number of ether oxygens (including phenoxy) is 2. The summed E-state index contributed by atoms with van der Waals surface area (Å²) in [6, 6.07) is 9.89. The molecule has 2 atom stereocenters. The second kappa shape index (κ2) is 12.9. The third kappa shape index (κ3) is 7.95. The molecule has 42 heavy (non-hydrogen) atoms. The number of alkyl halides is 3. The van der Waals surface area contributed by atoms with Gasteiger partial charge in [0.05, 0.1) is 12.1 Å². The molecule has 2 saturated heterocycles. The van der Waals surface area contributed by atoms with Gasteiger partial charge in [0.25, 0.3) is 5.91 Å². The molecule has 5 rings (SSSR count). The van der Waals surface area contributed by atoms with Gasteiger partial charge in [0.15, 0.2) is 0 Å². The van der Waals surface area contributed by atoms with Crippen molar-refractivity contribution in [1.29, 1.82) is 0 Å². The van der Waals surface area contributed by atoms with Crippen LogP contribution in [0.1, 0.15) is 28.8 Å². The predicted molar refractivity (Wildman–Crippen MR) is 140 cm³/mol. The monoisotopic (exact) mass is 618 g/mol. The number of hydrogen-bond donors (Lipinski definition) is 4. The van der Waals surface area contributed by atoms with Crippen LogP contribution < -0.4 is 9.47 Å². The fraction of sp³-hybridized carbons (Fsp3) is 0.481. The number of phenolic OH excluding ortho intramolecular Hbond substituents is 1. The number of aliphatic hydroxyl groups is 2. The highest BCUT2D eigenvalue weighted by atomic mass is 35.5. The van der Waals surface area contributed by atoms with E-state index in [0.717, 1.165) is 48.7 Å². The van der Waals surface area contributed by atoms with Crippen LogP contribution in [-0.2, 0) is 16.1 Å². The van der Waals surface area contributed by atoms with Crippen LogP contribution >= 0.6 is 11.6 Å². The number of carbonyl (C=O) groups is 2. The zero-order chi connectivity index (χ0) is 30.7. The van der Waals surface area contributed by atoms with E-state index in [2.05, 4.69) is 4.90 Å². The number of hydroxylamine groups is 2. The van der Waals surface area contributed by atoms with Gasteiger partial charge in [0, 0.05) is 50.0 Å². The molecule has 3 heterocycles. The molecule has 0 aromatic heterocycles. The third-order valence-corrected chi connectivity index (χ3v) is 7.23. The maximum absolute atomic E-state index is 12.7. The van der Waals surface area contributed by atoms with Crippen LogP contribution in [-0.4, -0.2) is 106 Å². The van der Waals surface area contributed by atoms with E-state index in [0.29, 0.717) is 11.6 Å². The first-order chi connectivity index (χ1) is 19.7. The van der Waals surface area contributed by atoms with E-state index in [-0.39, 0.29) is 42.4 Å². The van der Waals surface area contributed by atoms with Gasteiger partial charge in [-0.3, -0.25) is 9.63 Å². The topological polar surface area (TPSA) is 149 Å². The van der Waals surface area contributed by atoms with Crippen LogP contribution in [0.15, 0.2) is 36.4 Å². The number of aliphatic carboxylic acids is 1. The Kier molecular flexibility index (Phi) is 9.73. The number of halogens is 4. The molecule has 4 N–H and O–H groups in total. The highest BCUT2D eigenvalue weighted by Crippen LogP contribution is 2.42. The average molecular weight is 619 g/mol. The van der Waals surface area contributed by atoms with Gasteiger partial charge in [-0.15, -0.1) is 0 Å². The Morgan fingerprint density at radius 1 is 1.17 bits per heavy atom. The molecule has 1 spiro atoms. The molecule has 0 aliphatic carbocycles. The summed E-state index contributed by atoms with van der Waals surface area (Å²) in [5, 5.41) is 39.0. The number of likely N-dealkylation sites (tertiary alicyclic amines) is 1. The van der Waals surface area contributed by atoms with E-state index in [4.69, 9.17) is 35.8 Å². The van der Waals surface area contributed by atoms with Crippen molar-refractivity contribution in [2.24, 2.45) is 0 Å². The van der Waals surface area contributed by atoms with Crippen LogP contribution in [0, 0.1) is 0 Å². The van der Waals surface area contributed by atoms with Crippen LogP contribution in [0.25, 0.3) is 0 Å². The first kappa shape index (κ1) is 31.6. The Morgan fingerprint density at radius 2 is 1.86 bits per heavy atom. The lowest BCUT2D eigenvalue weighted by molar-refractivity contribution is -0.192. The molecule has 230 valence electrons. The number of benzene rings is 2. The van der Waals surface area contributed by atoms with E-state index in [1.165, 1.54) is 18.2 Å². The lowest BCUT2D eigenvalue weighted by atomic mass is 9.87. The van der Waals surface area contributed by atoms with Gasteiger partial charge in [-0.2, -0.15) is 13.2 Å². The Hall–Kier alpha value is -3.30. The van der Waals surface area contributed by atoms with Gasteiger partial charge in [0.1, 0.15) is 48.3 Å². The maximum atomic E-state index is 12.7. The second-order valence-electron chi connectivity index (χ2n) is 10.3. The molecular weight excluding hydrogens is 589 g/mol. The van der Waals surface area contributed by atoms with E-state index in [1.54, 1.807) is 0 Å². The van der Waals surface area contributed by atoms with Crippen molar-refractivity contribution in [3.8, 4) is 17.2 Å². The Bertz CT molecular complexity index is 1290. The molecular formula is C27H30ClF3N2O9. The molecule has 0 saturated carbocycles. The zero-order valence-electron chi connectivity index (χ0n) is 22.2. The summed E-state index contributed by atoms with van der Waals surface area (Å²) in [7, 11) is 0. The quantitative estimate of drug-likeness (QED) is 0.381. The highest BCUT2D eigenvalue weighted by Gasteiger charge is 2.42. The predicted octanol–water partition coefficient (Wildman–Crippen LogP) is 2.64. The van der Waals surface area contributed by atoms with Crippen LogP contribution in [0.4, 0.5) is 13.2 Å². The third-order valence-electron chi connectivity index (χ3n) is 6.99. The van der Waals surface area contributed by atoms with Crippen molar-refractivity contribution in [1.82, 2.24) is 9.96 Å². The van der Waals surface area contributed by atoms with E-state index < -0.39 is 30.3 Å². The summed E-state index contributed by atoms with van der Waals surface area (Å²) < 4.78 is 43.8. The standard InChI is InChI=1S/C25H29ClN2O7.C2HF3O2/c26-17-1-4-22-16(9-17)11-25(35-22)5-7-27(8-6-25)12-19(30)14-33-23-10-18(29)2-3-21(23)24(32)28-13-20(31)15-34-28;3-2(4,5)1(6)7/h1-4,9-10,19-20,29-31H,5-8,11-15H2;(H,6,7)/t19-,20+;/m0./s1. The second-order valence-corrected chi connectivity index (χ2v) is 10.7. The minimum Gasteiger partial charge on any atom is -0.508 e. The van der Waals surface area contributed by atoms with Gasteiger partial charge in [-0.25, -0.2) is 9.86 Å². The first-order valence-corrected chi connectivity index (χ1v) is 13.4. The number of rotatable bonds is 6. The molecule has 2 fully saturated rings. The number of carbonyl (C=O) groups excluding carboxylic acids is 1. The van der Waals surface area contributed by atoms with Crippen LogP contribution in [0.5, 0.6) is 17.2 Å². The number of amides is 1. The van der Waals surface area contributed by atoms with Crippen molar-refractivity contribution in [2.75, 3.05) is 39.4 Å². The van der Waals surface area contributed by atoms with Crippen molar-refractivity contribution >= 4 is 23.5 Å². The number of fused-ring (bicyclic) bond motifs is 1. The van der Waals surface area contributed by atoms with Crippen LogP contribution in [0.3, 0.4) is 0 Å². The lowest BCUT2D eigenvalue weighted by Crippen LogP contribution is -2.49. The number of aliphatic hydroxyl groups excluding tert-OH is 2. The number of carboxylic acids is 1. The number of carboxylic acid groups (broad SMARTS) is 1. The molecule has 3 aliphatic heterocycles. The minimum atomic E-state index is -5.08. The maximum Gasteiger partial charge on any atom is 0.490 e. The molecule has 15 heteroatoms. The number of nitrogens with zero attached hydrogens (tertiary/aromatic N) is 2. The number of aromatic hydroxyl groups is 1. The number of piperidine rings is 1. The van der Waals surface area contributed by atoms with Crippen LogP contribution in [0.2, 0.25) is 5.02 Å². The summed E-state index contributed by atoms with van der Waals surface area (Å²) in [6.45, 7) is 2.03. The molecule has 2 aromatic rings. The van der Waals surface area contributed by atoms with Crippen molar-refractivity contribution in [2.45, 2.75) is 43.2 Å². The molecule has 0 bridgehead atoms. The SMILES string of the molecule is O=C(O)C(F)(F)F.O=C(c1ccc(O)cc1OC[C@@H](O)CN1CCC2(CC1)Cc1cc(Cl)ccc1O2)N1C[C@@H](O)CO1. The summed E-state index contributed by atoms with van der Waals surface area (Å²) in [6.07, 6.45) is -4.08. The molecule has 0 radical (unpaired) electrons. The average Bonchev–Trinajstić information content (AvgIpc) is 3.51. The van der Waals surface area contributed by atoms with Crippen molar-refractivity contribution < 1.29 is 57.5 Å². The van der Waals surface area contributed by atoms with E-state index in [1.807, 2.05) is 18.2 Å². The van der Waals surface area contributed by atoms with Crippen molar-refractivity contribution in [3.63, 3.8) is 0 Å². The Balaban J connectivity index is 0.000000517. The largest absolute Gasteiger partial charge is 0.508 e. The molecule has 11 nitrogen and oxygen atoms in total. The smallest absolute Gasteiger partial charge is 0.490 e. The van der Waals surface area contributed by atoms with Gasteiger partial charge < -0.3 is 34.8 Å². The summed E-state index contributed by atoms with van der Waals surface area (Å²) >= 11 is 6.12. The van der Waals surface area contributed by atoms with E-state index >= 15 is 0 Å². The minimum absolute atomic E-state index is 0.0424. The first-order valence-electron chi connectivity index (χ1n) is 13.0. The fourth-order valence-corrected chi connectivity index (χ4v) is 5.11. The Labute approximate surface area is 243 Å². The van der Waals surface area contributed by atoms with Gasteiger partial charge in [0.2, 0.25) is 0 Å². The number of phenols is 1. The van der Waals surface area contributed by atoms with E-state index in [9.17, 15) is 33.3 Å². The molecule has 2 aromatic carbocycles. The van der Waals surface area contributed by atoms with Gasteiger partial charge >= 0.3 is 12.1 Å². The summed E-state index contributed by atoms with van der Waals surface area (Å²) in [4.78, 5) is 29.0. The zero-order valence-corrected chi connectivity index (χ0v) is 23.0. The Morgan fingerprint density at radius 3 is 2.48 bits per heavy atom.